The number of aromatic nitrogens is 3. The summed E-state index contributed by atoms with van der Waals surface area (Å²) in [6.45, 7) is 6.83. The second-order valence-corrected chi connectivity index (χ2v) is 8.73. The lowest BCUT2D eigenvalue weighted by Gasteiger charge is -2.20. The zero-order valence-electron chi connectivity index (χ0n) is 17.6. The van der Waals surface area contributed by atoms with Crippen LogP contribution in [0.15, 0.2) is 48.5 Å². The van der Waals surface area contributed by atoms with E-state index in [2.05, 4.69) is 5.10 Å². The Labute approximate surface area is 190 Å². The second kappa shape index (κ2) is 9.08. The number of nitrogens with zero attached hydrogens (tertiary/aromatic N) is 4. The summed E-state index contributed by atoms with van der Waals surface area (Å²) in [5, 5.41) is 5.80. The van der Waals surface area contributed by atoms with Gasteiger partial charge in [0.15, 0.2) is 11.7 Å². The van der Waals surface area contributed by atoms with E-state index in [1.165, 1.54) is 11.3 Å². The number of fused-ring (bicyclic) bond motifs is 1. The van der Waals surface area contributed by atoms with Crippen LogP contribution in [0, 0.1) is 20.8 Å². The number of para-hydroxylation sites is 1. The molecule has 6 nitrogen and oxygen atoms in total. The average molecular weight is 455 g/mol. The lowest BCUT2D eigenvalue weighted by molar-refractivity contribution is -0.120. The predicted molar refractivity (Wildman–Crippen MR) is 125 cm³/mol. The van der Waals surface area contributed by atoms with Crippen molar-refractivity contribution in [1.29, 1.82) is 0 Å². The smallest absolute Gasteiger partial charge is 0.266 e. The van der Waals surface area contributed by atoms with Gasteiger partial charge in [-0.2, -0.15) is 5.10 Å². The molecule has 0 aliphatic rings. The summed E-state index contributed by atoms with van der Waals surface area (Å²) in [6, 6.07) is 15.1. The molecule has 0 bridgehead atoms. The zero-order valence-corrected chi connectivity index (χ0v) is 19.2. The molecule has 0 aliphatic carbocycles. The van der Waals surface area contributed by atoms with Crippen LogP contribution in [0.4, 0.5) is 5.13 Å². The van der Waals surface area contributed by atoms with Gasteiger partial charge in [-0.15, -0.1) is 0 Å². The van der Waals surface area contributed by atoms with E-state index >= 15 is 0 Å². The van der Waals surface area contributed by atoms with Crippen LogP contribution in [-0.4, -0.2) is 33.8 Å². The van der Waals surface area contributed by atoms with Crippen molar-refractivity contribution in [2.24, 2.45) is 0 Å². The number of anilines is 1. The Morgan fingerprint density at radius 1 is 1.16 bits per heavy atom. The van der Waals surface area contributed by atoms with Gasteiger partial charge in [-0.1, -0.05) is 41.1 Å². The standard InChI is InChI=1S/C23H23ClN4O2S/c1-15-13-16(2)28(26-15)12-11-27(21(29)14-30-18-7-5-4-6-8-18)23-25-22-17(3)19(24)9-10-20(22)31-23/h4-10,13H,11-12,14H2,1-3H3. The summed E-state index contributed by atoms with van der Waals surface area (Å²) in [5.74, 6) is 0.495. The van der Waals surface area contributed by atoms with Crippen LogP contribution in [0.2, 0.25) is 5.02 Å². The number of hydrogen-bond acceptors (Lipinski definition) is 5. The Hall–Kier alpha value is -2.90. The third kappa shape index (κ3) is 4.73. The normalized spacial score (nSPS) is 11.1. The Morgan fingerprint density at radius 2 is 1.94 bits per heavy atom. The van der Waals surface area contributed by atoms with Crippen molar-refractivity contribution in [2.75, 3.05) is 18.1 Å². The van der Waals surface area contributed by atoms with Gasteiger partial charge in [-0.3, -0.25) is 14.4 Å². The van der Waals surface area contributed by atoms with Crippen LogP contribution < -0.4 is 9.64 Å². The number of thiazole rings is 1. The van der Waals surface area contributed by atoms with Gasteiger partial charge in [0.2, 0.25) is 0 Å². The minimum Gasteiger partial charge on any atom is -0.484 e. The molecule has 4 aromatic rings. The van der Waals surface area contributed by atoms with E-state index in [4.69, 9.17) is 21.3 Å². The van der Waals surface area contributed by atoms with Gasteiger partial charge in [0, 0.05) is 17.3 Å². The first kappa shape index (κ1) is 21.3. The van der Waals surface area contributed by atoms with Crippen LogP contribution in [0.1, 0.15) is 17.0 Å². The number of rotatable bonds is 7. The number of halogens is 1. The molecule has 2 aromatic carbocycles. The van der Waals surface area contributed by atoms with Gasteiger partial charge in [-0.25, -0.2) is 4.98 Å². The van der Waals surface area contributed by atoms with Crippen molar-refractivity contribution in [3.8, 4) is 5.75 Å². The van der Waals surface area contributed by atoms with Crippen molar-refractivity contribution in [3.63, 3.8) is 0 Å². The molecule has 0 N–H and O–H groups in total. The molecular formula is C23H23ClN4O2S. The number of carbonyl (C=O) groups excluding carboxylic acids is 1. The maximum absolute atomic E-state index is 13.2. The summed E-state index contributed by atoms with van der Waals surface area (Å²) in [4.78, 5) is 19.6. The third-order valence-corrected chi connectivity index (χ3v) is 6.47. The number of amides is 1. The third-order valence-electron chi connectivity index (χ3n) is 5.01. The maximum atomic E-state index is 13.2. The molecule has 0 aliphatic heterocycles. The Morgan fingerprint density at radius 3 is 2.65 bits per heavy atom. The van der Waals surface area contributed by atoms with E-state index < -0.39 is 0 Å². The highest BCUT2D eigenvalue weighted by atomic mass is 35.5. The van der Waals surface area contributed by atoms with Gasteiger partial charge in [0.05, 0.1) is 22.5 Å². The topological polar surface area (TPSA) is 60.2 Å². The molecule has 31 heavy (non-hydrogen) atoms. The first-order valence-corrected chi connectivity index (χ1v) is 11.2. The van der Waals surface area contributed by atoms with Crippen molar-refractivity contribution in [2.45, 2.75) is 27.3 Å². The molecule has 4 rings (SSSR count). The molecule has 0 saturated heterocycles. The maximum Gasteiger partial charge on any atom is 0.266 e. The summed E-state index contributed by atoms with van der Waals surface area (Å²) < 4.78 is 8.61. The fraction of sp³-hybridized carbons (Fsp3) is 0.261. The SMILES string of the molecule is Cc1cc(C)n(CCN(C(=O)COc2ccccc2)c2nc3c(C)c(Cl)ccc3s2)n1. The lowest BCUT2D eigenvalue weighted by atomic mass is 10.2. The Balaban J connectivity index is 1.60. The zero-order chi connectivity index (χ0) is 22.0. The van der Waals surface area contributed by atoms with Gasteiger partial charge < -0.3 is 4.74 Å². The molecule has 2 aromatic heterocycles. The van der Waals surface area contributed by atoms with Crippen LogP contribution in [0.3, 0.4) is 0 Å². The van der Waals surface area contributed by atoms with E-state index in [0.29, 0.717) is 29.0 Å². The van der Waals surface area contributed by atoms with Crippen molar-refractivity contribution >= 4 is 44.2 Å². The molecule has 0 spiro atoms. The number of benzene rings is 2. The van der Waals surface area contributed by atoms with E-state index in [1.54, 1.807) is 4.90 Å². The number of ether oxygens (including phenoxy) is 1. The van der Waals surface area contributed by atoms with E-state index in [1.807, 2.05) is 74.0 Å². The highest BCUT2D eigenvalue weighted by Gasteiger charge is 2.22. The molecule has 0 atom stereocenters. The fourth-order valence-corrected chi connectivity index (χ4v) is 4.59. The quantitative estimate of drug-likeness (QED) is 0.386. The highest BCUT2D eigenvalue weighted by molar-refractivity contribution is 7.22. The molecule has 160 valence electrons. The monoisotopic (exact) mass is 454 g/mol. The first-order chi connectivity index (χ1) is 14.9. The van der Waals surface area contributed by atoms with Crippen LogP contribution in [-0.2, 0) is 11.3 Å². The molecule has 0 radical (unpaired) electrons. The van der Waals surface area contributed by atoms with Crippen LogP contribution in [0.25, 0.3) is 10.2 Å². The van der Waals surface area contributed by atoms with Crippen LogP contribution in [0.5, 0.6) is 5.75 Å². The second-order valence-electron chi connectivity index (χ2n) is 7.31. The summed E-state index contributed by atoms with van der Waals surface area (Å²) in [7, 11) is 0. The summed E-state index contributed by atoms with van der Waals surface area (Å²) in [5.41, 5.74) is 3.74. The molecule has 0 unspecified atom stereocenters. The van der Waals surface area contributed by atoms with E-state index in [-0.39, 0.29) is 12.5 Å². The van der Waals surface area contributed by atoms with E-state index in [9.17, 15) is 4.79 Å². The minimum absolute atomic E-state index is 0.0726. The Bertz CT molecular complexity index is 1220. The van der Waals surface area contributed by atoms with Gasteiger partial charge in [0.1, 0.15) is 5.75 Å². The largest absolute Gasteiger partial charge is 0.484 e. The minimum atomic E-state index is -0.159. The number of aryl methyl sites for hydroxylation is 3. The molecule has 2 heterocycles. The Kier molecular flexibility index (Phi) is 6.25. The summed E-state index contributed by atoms with van der Waals surface area (Å²) >= 11 is 7.74. The fourth-order valence-electron chi connectivity index (χ4n) is 3.37. The molecule has 0 saturated carbocycles. The van der Waals surface area contributed by atoms with Gasteiger partial charge >= 0.3 is 0 Å². The van der Waals surface area contributed by atoms with Gasteiger partial charge in [-0.05, 0) is 56.7 Å². The first-order valence-electron chi connectivity index (χ1n) is 9.97. The summed E-state index contributed by atoms with van der Waals surface area (Å²) in [6.07, 6.45) is 0. The van der Waals surface area contributed by atoms with Crippen molar-refractivity contribution in [3.05, 3.63) is 70.5 Å². The van der Waals surface area contributed by atoms with E-state index in [0.717, 1.165) is 27.2 Å². The van der Waals surface area contributed by atoms with Crippen LogP contribution >= 0.6 is 22.9 Å². The highest BCUT2D eigenvalue weighted by Crippen LogP contribution is 2.33. The molecular weight excluding hydrogens is 432 g/mol. The number of carbonyl (C=O) groups is 1. The predicted octanol–water partition coefficient (Wildman–Crippen LogP) is 5.18. The average Bonchev–Trinajstić information content (AvgIpc) is 3.33. The van der Waals surface area contributed by atoms with Crippen molar-refractivity contribution < 1.29 is 9.53 Å². The van der Waals surface area contributed by atoms with Crippen molar-refractivity contribution in [1.82, 2.24) is 14.8 Å². The number of hydrogen-bond donors (Lipinski definition) is 0. The van der Waals surface area contributed by atoms with Gasteiger partial charge in [0.25, 0.3) is 5.91 Å². The lowest BCUT2D eigenvalue weighted by Crippen LogP contribution is -2.37. The molecule has 1 amide bonds. The molecule has 8 heteroatoms. The molecule has 0 fully saturated rings.